The molecule has 1 fully saturated rings. The van der Waals surface area contributed by atoms with Crippen molar-refractivity contribution in [3.8, 4) is 0 Å². The molecule has 0 saturated carbocycles. The van der Waals surface area contributed by atoms with E-state index in [0.717, 1.165) is 22.9 Å². The van der Waals surface area contributed by atoms with Crippen molar-refractivity contribution in [1.29, 1.82) is 0 Å². The Morgan fingerprint density at radius 3 is 2.63 bits per heavy atom. The Kier molecular flexibility index (Phi) is 10.1. The van der Waals surface area contributed by atoms with Crippen molar-refractivity contribution in [2.75, 3.05) is 13.1 Å². The molecule has 3 amide bonds. The zero-order valence-corrected chi connectivity index (χ0v) is 22.8. The summed E-state index contributed by atoms with van der Waals surface area (Å²) in [6.07, 6.45) is 7.78. The van der Waals surface area contributed by atoms with Crippen LogP contribution in [0, 0.1) is 0 Å². The lowest BCUT2D eigenvalue weighted by Gasteiger charge is -2.28. The number of para-hydroxylation sites is 1. The molecule has 41 heavy (non-hydrogen) atoms. The molecule has 1 saturated heterocycles. The number of carbonyl (C=O) groups excluding carboxylic acids is 3. The van der Waals surface area contributed by atoms with Gasteiger partial charge in [0.2, 0.25) is 17.7 Å². The van der Waals surface area contributed by atoms with Gasteiger partial charge in [0.05, 0.1) is 12.4 Å². The van der Waals surface area contributed by atoms with Crippen LogP contribution < -0.4 is 22.1 Å². The SMILES string of the molecule is NCCCCC(N)C(=O)N1CCCC1C(=O)NC(Cc1c[nH]c2ccccc12)C(=O)NC(Cc1cnc[nH]1)C(=O)O. The van der Waals surface area contributed by atoms with Crippen LogP contribution in [-0.4, -0.2) is 85.9 Å². The highest BCUT2D eigenvalue weighted by Crippen LogP contribution is 2.22. The van der Waals surface area contributed by atoms with Gasteiger partial charge in [0.1, 0.15) is 18.1 Å². The number of aromatic amines is 2. The monoisotopic (exact) mass is 566 g/mol. The third-order valence-electron chi connectivity index (χ3n) is 7.45. The molecule has 2 aromatic heterocycles. The van der Waals surface area contributed by atoms with E-state index in [0.29, 0.717) is 44.5 Å². The fraction of sp³-hybridized carbons (Fsp3) is 0.464. The molecule has 4 unspecified atom stereocenters. The molecule has 3 aromatic rings. The summed E-state index contributed by atoms with van der Waals surface area (Å²) in [6.45, 7) is 0.909. The second kappa shape index (κ2) is 13.9. The number of fused-ring (bicyclic) bond motifs is 1. The fourth-order valence-corrected chi connectivity index (χ4v) is 5.23. The number of rotatable bonds is 14. The molecule has 0 aliphatic carbocycles. The first-order valence-corrected chi connectivity index (χ1v) is 13.9. The summed E-state index contributed by atoms with van der Waals surface area (Å²) in [5, 5.41) is 16.0. The summed E-state index contributed by atoms with van der Waals surface area (Å²) < 4.78 is 0. The highest BCUT2D eigenvalue weighted by atomic mass is 16.4. The van der Waals surface area contributed by atoms with E-state index in [4.69, 9.17) is 11.5 Å². The van der Waals surface area contributed by atoms with E-state index < -0.39 is 42.0 Å². The number of hydrogen-bond acceptors (Lipinski definition) is 7. The molecule has 0 spiro atoms. The molecular weight excluding hydrogens is 528 g/mol. The average molecular weight is 567 g/mol. The smallest absolute Gasteiger partial charge is 0.326 e. The number of likely N-dealkylation sites (tertiary alicyclic amines) is 1. The Balaban J connectivity index is 1.52. The number of unbranched alkanes of at least 4 members (excludes halogenated alkanes) is 1. The zero-order chi connectivity index (χ0) is 29.4. The summed E-state index contributed by atoms with van der Waals surface area (Å²) in [4.78, 5) is 63.5. The van der Waals surface area contributed by atoms with Gasteiger partial charge in [-0.2, -0.15) is 0 Å². The minimum atomic E-state index is -1.25. The van der Waals surface area contributed by atoms with Crippen LogP contribution >= 0.6 is 0 Å². The molecular formula is C28H38N8O5. The van der Waals surface area contributed by atoms with Crippen LogP contribution in [0.5, 0.6) is 0 Å². The summed E-state index contributed by atoms with van der Waals surface area (Å²) in [6, 6.07) is 3.70. The third-order valence-corrected chi connectivity index (χ3v) is 7.45. The normalized spacial score (nSPS) is 17.2. The lowest BCUT2D eigenvalue weighted by molar-refractivity contribution is -0.143. The highest BCUT2D eigenvalue weighted by molar-refractivity contribution is 5.95. The van der Waals surface area contributed by atoms with Gasteiger partial charge in [-0.05, 0) is 43.9 Å². The topological polar surface area (TPSA) is 212 Å². The number of amides is 3. The van der Waals surface area contributed by atoms with E-state index in [1.54, 1.807) is 6.20 Å². The van der Waals surface area contributed by atoms with Crippen molar-refractivity contribution in [3.63, 3.8) is 0 Å². The summed E-state index contributed by atoms with van der Waals surface area (Å²) >= 11 is 0. The van der Waals surface area contributed by atoms with Crippen LogP contribution in [0.25, 0.3) is 10.9 Å². The molecule has 4 atom stereocenters. The van der Waals surface area contributed by atoms with Gasteiger partial charge in [0, 0.05) is 48.4 Å². The van der Waals surface area contributed by atoms with E-state index >= 15 is 0 Å². The summed E-state index contributed by atoms with van der Waals surface area (Å²) in [5.74, 6) is -2.65. The standard InChI is InChI=1S/C28H38N8O5/c29-10-4-3-7-20(30)27(39)36-11-5-9-24(36)26(38)34-22(12-17-14-32-21-8-2-1-6-19(17)21)25(37)35-23(28(40)41)13-18-15-31-16-33-18/h1-2,6,8,14-16,20,22-24,32H,3-5,7,9-13,29-30H2,(H,31,33)(H,34,38)(H,35,37)(H,40,41). The Bertz CT molecular complexity index is 1340. The van der Waals surface area contributed by atoms with Gasteiger partial charge in [0.25, 0.3) is 0 Å². The van der Waals surface area contributed by atoms with Gasteiger partial charge >= 0.3 is 5.97 Å². The van der Waals surface area contributed by atoms with E-state index in [1.807, 2.05) is 24.3 Å². The lowest BCUT2D eigenvalue weighted by Crippen LogP contribution is -2.57. The Morgan fingerprint density at radius 1 is 1.10 bits per heavy atom. The van der Waals surface area contributed by atoms with Crippen LogP contribution in [0.2, 0.25) is 0 Å². The van der Waals surface area contributed by atoms with Crippen LogP contribution in [0.15, 0.2) is 43.0 Å². The maximum absolute atomic E-state index is 13.5. The van der Waals surface area contributed by atoms with E-state index in [2.05, 4.69) is 25.6 Å². The number of nitrogens with one attached hydrogen (secondary N) is 4. The summed E-state index contributed by atoms with van der Waals surface area (Å²) in [5.41, 5.74) is 13.9. The van der Waals surface area contributed by atoms with Gasteiger partial charge in [-0.25, -0.2) is 9.78 Å². The number of carboxylic acid groups (broad SMARTS) is 1. The number of H-pyrrole nitrogens is 2. The number of aromatic nitrogens is 3. The molecule has 0 radical (unpaired) electrons. The van der Waals surface area contributed by atoms with E-state index in [1.165, 1.54) is 17.4 Å². The minimum absolute atomic E-state index is 0.0121. The number of carboxylic acids is 1. The molecule has 3 heterocycles. The first-order valence-electron chi connectivity index (χ1n) is 13.9. The number of nitrogens with zero attached hydrogens (tertiary/aromatic N) is 2. The predicted molar refractivity (Wildman–Crippen MR) is 151 cm³/mol. The maximum Gasteiger partial charge on any atom is 0.326 e. The number of benzene rings is 1. The Labute approximate surface area is 237 Å². The molecule has 1 aromatic carbocycles. The van der Waals surface area contributed by atoms with Crippen LogP contribution in [0.3, 0.4) is 0 Å². The van der Waals surface area contributed by atoms with Gasteiger partial charge in [-0.3, -0.25) is 14.4 Å². The van der Waals surface area contributed by atoms with Gasteiger partial charge in [-0.15, -0.1) is 0 Å². The van der Waals surface area contributed by atoms with Crippen molar-refractivity contribution in [3.05, 3.63) is 54.2 Å². The van der Waals surface area contributed by atoms with Crippen molar-refractivity contribution >= 4 is 34.6 Å². The number of nitrogens with two attached hydrogens (primary N) is 2. The van der Waals surface area contributed by atoms with Crippen LogP contribution in [0.1, 0.15) is 43.4 Å². The fourth-order valence-electron chi connectivity index (χ4n) is 5.23. The second-order valence-corrected chi connectivity index (χ2v) is 10.4. The molecule has 9 N–H and O–H groups in total. The van der Waals surface area contributed by atoms with Gasteiger partial charge in [-0.1, -0.05) is 24.6 Å². The van der Waals surface area contributed by atoms with Crippen LogP contribution in [-0.2, 0) is 32.0 Å². The minimum Gasteiger partial charge on any atom is -0.480 e. The average Bonchev–Trinajstić information content (AvgIpc) is 3.73. The first kappa shape index (κ1) is 29.7. The number of hydrogen-bond donors (Lipinski definition) is 7. The number of carbonyl (C=O) groups is 4. The van der Waals surface area contributed by atoms with Crippen molar-refractivity contribution in [1.82, 2.24) is 30.5 Å². The lowest BCUT2D eigenvalue weighted by atomic mass is 10.0. The predicted octanol–water partition coefficient (Wildman–Crippen LogP) is 0.178. The second-order valence-electron chi connectivity index (χ2n) is 10.4. The highest BCUT2D eigenvalue weighted by Gasteiger charge is 2.38. The Morgan fingerprint density at radius 2 is 1.90 bits per heavy atom. The molecule has 1 aliphatic heterocycles. The quantitative estimate of drug-likeness (QED) is 0.133. The van der Waals surface area contributed by atoms with Crippen molar-refractivity contribution < 1.29 is 24.3 Å². The zero-order valence-electron chi connectivity index (χ0n) is 22.8. The molecule has 1 aliphatic rings. The van der Waals surface area contributed by atoms with Crippen molar-refractivity contribution in [2.45, 2.75) is 69.1 Å². The van der Waals surface area contributed by atoms with Crippen LogP contribution in [0.4, 0.5) is 0 Å². The first-order chi connectivity index (χ1) is 19.8. The van der Waals surface area contributed by atoms with Gasteiger partial charge in [0.15, 0.2) is 0 Å². The largest absolute Gasteiger partial charge is 0.480 e. The maximum atomic E-state index is 13.5. The number of imidazole rings is 1. The molecule has 0 bridgehead atoms. The number of aliphatic carboxylic acids is 1. The molecule has 13 heteroatoms. The molecule has 220 valence electrons. The van der Waals surface area contributed by atoms with E-state index in [9.17, 15) is 24.3 Å². The molecule has 13 nitrogen and oxygen atoms in total. The third kappa shape index (κ3) is 7.50. The summed E-state index contributed by atoms with van der Waals surface area (Å²) in [7, 11) is 0. The molecule has 4 rings (SSSR count). The van der Waals surface area contributed by atoms with Gasteiger partial charge < -0.3 is 42.1 Å². The van der Waals surface area contributed by atoms with E-state index in [-0.39, 0.29) is 18.7 Å². The van der Waals surface area contributed by atoms with Crippen molar-refractivity contribution in [2.24, 2.45) is 11.5 Å². The Hall–Kier alpha value is -4.23.